The fourth-order valence-corrected chi connectivity index (χ4v) is 2.91. The number of carboxylic acids is 1. The van der Waals surface area contributed by atoms with Crippen molar-refractivity contribution in [2.45, 2.75) is 82.8 Å². The lowest BCUT2D eigenvalue weighted by Gasteiger charge is -2.19. The van der Waals surface area contributed by atoms with Crippen molar-refractivity contribution in [3.05, 3.63) is 24.3 Å². The molecule has 0 saturated heterocycles. The molecule has 0 heterocycles. The van der Waals surface area contributed by atoms with Gasteiger partial charge in [0.1, 0.15) is 0 Å². The molecule has 5 heteroatoms. The predicted molar refractivity (Wildman–Crippen MR) is 98.1 cm³/mol. The molecule has 0 spiro atoms. The van der Waals surface area contributed by atoms with Gasteiger partial charge in [-0.25, -0.2) is 0 Å². The van der Waals surface area contributed by atoms with Gasteiger partial charge < -0.3 is 20.4 Å². The van der Waals surface area contributed by atoms with Gasteiger partial charge in [0, 0.05) is 33.8 Å². The molecule has 0 radical (unpaired) electrons. The number of aliphatic hydroxyl groups is 3. The molecule has 0 bridgehead atoms. The van der Waals surface area contributed by atoms with Crippen molar-refractivity contribution in [3.63, 3.8) is 0 Å². The Labute approximate surface area is 166 Å². The van der Waals surface area contributed by atoms with Crippen LogP contribution in [0.3, 0.4) is 0 Å². The molecule has 5 atom stereocenters. The topological polar surface area (TPSA) is 98.0 Å². The summed E-state index contributed by atoms with van der Waals surface area (Å²) in [6, 6.07) is 0. The van der Waals surface area contributed by atoms with E-state index in [-0.39, 0.29) is 32.1 Å². The van der Waals surface area contributed by atoms with E-state index in [9.17, 15) is 20.1 Å². The van der Waals surface area contributed by atoms with Crippen LogP contribution in [0.1, 0.15) is 79.5 Å². The standard InChI is InChI=1S/C20H34O5/c1-2-3-4-5-6-7-10-16-17(19(23)14-18(16)22)13-12-15(21)9-8-11-20(24)25/h6-7,12-13,15-19,21-23H,2-5,8-11,14H2,1H3,(H,24,25)/b7-6-,13-12+/t15?,16-,17+,18+,19-/m0/s1/i1D3,2D2,3D2,4D2,5D2. The lowest BCUT2D eigenvalue weighted by molar-refractivity contribution is -0.137. The van der Waals surface area contributed by atoms with E-state index in [0.29, 0.717) is 6.08 Å². The van der Waals surface area contributed by atoms with Crippen LogP contribution in [-0.2, 0) is 4.79 Å². The zero-order valence-corrected chi connectivity index (χ0v) is 13.9. The summed E-state index contributed by atoms with van der Waals surface area (Å²) in [5.41, 5.74) is 0. The van der Waals surface area contributed by atoms with E-state index in [2.05, 4.69) is 0 Å². The lowest BCUT2D eigenvalue weighted by atomic mass is 9.89. The molecule has 5 nitrogen and oxygen atoms in total. The summed E-state index contributed by atoms with van der Waals surface area (Å²) in [5, 5.41) is 39.2. The van der Waals surface area contributed by atoms with E-state index < -0.39 is 68.5 Å². The molecule has 0 aliphatic heterocycles. The molecule has 0 aromatic heterocycles. The van der Waals surface area contributed by atoms with E-state index in [4.69, 9.17) is 20.2 Å². The van der Waals surface area contributed by atoms with Crippen molar-refractivity contribution in [2.75, 3.05) is 0 Å². The molecule has 1 fully saturated rings. The second-order valence-electron chi connectivity index (χ2n) is 6.01. The van der Waals surface area contributed by atoms with Crippen LogP contribution in [0.5, 0.6) is 0 Å². The fraction of sp³-hybridized carbons (Fsp3) is 0.750. The number of carboxylic acid groups (broad SMARTS) is 1. The molecule has 4 N–H and O–H groups in total. The number of allylic oxidation sites excluding steroid dienone is 2. The van der Waals surface area contributed by atoms with E-state index in [1.54, 1.807) is 0 Å². The molecule has 1 saturated carbocycles. The lowest BCUT2D eigenvalue weighted by Crippen LogP contribution is -2.20. The number of hydrogen-bond donors (Lipinski definition) is 4. The first kappa shape index (κ1) is 10.2. The Kier molecular flexibility index (Phi) is 5.01. The number of hydrogen-bond acceptors (Lipinski definition) is 4. The molecule has 0 amide bonds. The first-order chi connectivity index (χ1) is 16.1. The molecule has 25 heavy (non-hydrogen) atoms. The third kappa shape index (κ3) is 8.66. The predicted octanol–water partition coefficient (Wildman–Crippen LogP) is 3.04. The van der Waals surface area contributed by atoms with Gasteiger partial charge >= 0.3 is 5.97 Å². The molecule has 1 aliphatic carbocycles. The summed E-state index contributed by atoms with van der Waals surface area (Å²) in [7, 11) is 0. The summed E-state index contributed by atoms with van der Waals surface area (Å²) in [6.07, 6.45) is -12.5. The molecule has 1 unspecified atom stereocenters. The minimum atomic E-state index is -3.76. The fourth-order valence-electron chi connectivity index (χ4n) is 2.91. The average molecular weight is 366 g/mol. The smallest absolute Gasteiger partial charge is 0.303 e. The monoisotopic (exact) mass is 365 g/mol. The second-order valence-corrected chi connectivity index (χ2v) is 6.01. The highest BCUT2D eigenvalue weighted by molar-refractivity contribution is 5.66. The number of aliphatic hydroxyl groups excluding tert-OH is 3. The minimum absolute atomic E-state index is 0.0162. The average Bonchev–Trinajstić information content (AvgIpc) is 2.97. The normalized spacial score (nSPS) is 37.5. The molecule has 144 valence electrons. The Morgan fingerprint density at radius 3 is 2.84 bits per heavy atom. The van der Waals surface area contributed by atoms with Gasteiger partial charge in [-0.2, -0.15) is 0 Å². The van der Waals surface area contributed by atoms with Crippen LogP contribution in [-0.4, -0.2) is 44.7 Å². The maximum atomic E-state index is 10.6. The Morgan fingerprint density at radius 1 is 1.32 bits per heavy atom. The van der Waals surface area contributed by atoms with E-state index in [1.807, 2.05) is 0 Å². The summed E-state index contributed by atoms with van der Waals surface area (Å²) < 4.78 is 84.6. The minimum Gasteiger partial charge on any atom is -0.481 e. The maximum absolute atomic E-state index is 10.6. The third-order valence-corrected chi connectivity index (χ3v) is 4.17. The van der Waals surface area contributed by atoms with Crippen LogP contribution < -0.4 is 0 Å². The van der Waals surface area contributed by atoms with Gasteiger partial charge in [-0.3, -0.25) is 4.79 Å². The molecule has 1 aliphatic rings. The van der Waals surface area contributed by atoms with Crippen LogP contribution >= 0.6 is 0 Å². The van der Waals surface area contributed by atoms with Gasteiger partial charge in [0.05, 0.1) is 18.3 Å². The maximum Gasteiger partial charge on any atom is 0.303 e. The Morgan fingerprint density at radius 2 is 2.12 bits per heavy atom. The molecule has 1 rings (SSSR count). The third-order valence-electron chi connectivity index (χ3n) is 4.17. The first-order valence-electron chi connectivity index (χ1n) is 13.7. The van der Waals surface area contributed by atoms with Crippen molar-refractivity contribution < 1.29 is 40.3 Å². The quantitative estimate of drug-likeness (QED) is 0.399. The highest BCUT2D eigenvalue weighted by Gasteiger charge is 2.39. The van der Waals surface area contributed by atoms with Crippen LogP contribution in [0.15, 0.2) is 24.3 Å². The Balaban J connectivity index is 3.02. The number of carbonyl (C=O) groups is 1. The summed E-state index contributed by atoms with van der Waals surface area (Å²) in [5.74, 6) is -2.34. The highest BCUT2D eigenvalue weighted by Crippen LogP contribution is 2.36. The van der Waals surface area contributed by atoms with Crippen molar-refractivity contribution >= 4 is 5.97 Å². The van der Waals surface area contributed by atoms with Gasteiger partial charge in [0.25, 0.3) is 0 Å². The summed E-state index contributed by atoms with van der Waals surface area (Å²) in [4.78, 5) is 10.6. The van der Waals surface area contributed by atoms with Crippen LogP contribution in [0, 0.1) is 11.8 Å². The Bertz CT molecular complexity index is 810. The van der Waals surface area contributed by atoms with Gasteiger partial charge in [0.15, 0.2) is 0 Å². The highest BCUT2D eigenvalue weighted by atomic mass is 16.4. The summed E-state index contributed by atoms with van der Waals surface area (Å²) in [6.45, 7) is -3.56. The summed E-state index contributed by atoms with van der Waals surface area (Å²) >= 11 is 0. The van der Waals surface area contributed by atoms with Gasteiger partial charge in [0.2, 0.25) is 0 Å². The van der Waals surface area contributed by atoms with Crippen molar-refractivity contribution in [1.82, 2.24) is 0 Å². The zero-order valence-electron chi connectivity index (χ0n) is 24.9. The van der Waals surface area contributed by atoms with Crippen molar-refractivity contribution in [2.24, 2.45) is 11.8 Å². The van der Waals surface area contributed by atoms with E-state index >= 15 is 0 Å². The number of aliphatic carboxylic acids is 1. The Hall–Kier alpha value is -1.17. The first-order valence-corrected chi connectivity index (χ1v) is 8.22. The molecule has 0 aromatic rings. The SMILES string of the molecule is [2H]C([2H])([2H])C([2H])([2H])C([2H])([2H])C([2H])([2H])C([2H])([2H])/C=C\C[C@H]1[C@@H](/C=C/C(O)CCCC(=O)O)[C@@H](O)C[C@H]1O. The second kappa shape index (κ2) is 12.2. The van der Waals surface area contributed by atoms with Gasteiger partial charge in [-0.15, -0.1) is 0 Å². The van der Waals surface area contributed by atoms with Crippen molar-refractivity contribution in [3.8, 4) is 0 Å². The van der Waals surface area contributed by atoms with Crippen LogP contribution in [0.25, 0.3) is 0 Å². The van der Waals surface area contributed by atoms with Crippen molar-refractivity contribution in [1.29, 1.82) is 0 Å². The molecular formula is C20H34O5. The van der Waals surface area contributed by atoms with Crippen LogP contribution in [0.4, 0.5) is 0 Å². The van der Waals surface area contributed by atoms with Gasteiger partial charge in [-0.05, 0) is 37.9 Å². The zero-order chi connectivity index (χ0) is 28.3. The largest absolute Gasteiger partial charge is 0.481 e. The van der Waals surface area contributed by atoms with E-state index in [1.165, 1.54) is 12.2 Å². The van der Waals surface area contributed by atoms with E-state index in [0.717, 1.165) is 6.08 Å². The molecule has 0 aromatic carbocycles. The number of rotatable bonds is 12. The van der Waals surface area contributed by atoms with Crippen LogP contribution in [0.2, 0.25) is 0 Å². The molecular weight excluding hydrogens is 320 g/mol. The van der Waals surface area contributed by atoms with Gasteiger partial charge in [-0.1, -0.05) is 43.9 Å².